The van der Waals surface area contributed by atoms with Gasteiger partial charge < -0.3 is 9.84 Å². The summed E-state index contributed by atoms with van der Waals surface area (Å²) in [4.78, 5) is 11.4. The summed E-state index contributed by atoms with van der Waals surface area (Å²) in [7, 11) is -5.36. The van der Waals surface area contributed by atoms with Gasteiger partial charge in [-0.2, -0.15) is 4.31 Å². The molecule has 0 amide bonds. The molecule has 144 valence electrons. The fraction of sp³-hybridized carbons (Fsp3) is 0.235. The van der Waals surface area contributed by atoms with Crippen LogP contribution in [0.25, 0.3) is 0 Å². The van der Waals surface area contributed by atoms with Crippen molar-refractivity contribution in [3.8, 4) is 11.5 Å². The van der Waals surface area contributed by atoms with Crippen molar-refractivity contribution in [2.75, 3.05) is 18.1 Å². The normalized spacial score (nSPS) is 20.9. The van der Waals surface area contributed by atoms with Crippen molar-refractivity contribution in [2.45, 2.75) is 10.9 Å². The molecule has 1 heterocycles. The lowest BCUT2D eigenvalue weighted by Crippen LogP contribution is -2.53. The van der Waals surface area contributed by atoms with Gasteiger partial charge in [0.15, 0.2) is 0 Å². The zero-order valence-electron chi connectivity index (χ0n) is 13.9. The third-order valence-electron chi connectivity index (χ3n) is 4.00. The molecule has 2 unspecified atom stereocenters. The predicted octanol–water partition coefficient (Wildman–Crippen LogP) is 2.45. The number of carboxylic acids is 1. The van der Waals surface area contributed by atoms with E-state index in [1.165, 1.54) is 24.3 Å². The fourth-order valence-electron chi connectivity index (χ4n) is 2.63. The fourth-order valence-corrected chi connectivity index (χ4v) is 5.92. The molecule has 3 rings (SSSR count). The van der Waals surface area contributed by atoms with Gasteiger partial charge in [-0.15, -0.1) is 0 Å². The van der Waals surface area contributed by atoms with Crippen LogP contribution in [0.3, 0.4) is 0 Å². The van der Waals surface area contributed by atoms with E-state index in [0.29, 0.717) is 11.5 Å². The van der Waals surface area contributed by atoms with Crippen molar-refractivity contribution < 1.29 is 27.3 Å². The molecule has 1 saturated heterocycles. The molecule has 1 fully saturated rings. The number of carboxylic acid groups (broad SMARTS) is 1. The Morgan fingerprint density at radius 2 is 1.67 bits per heavy atom. The zero-order valence-corrected chi connectivity index (χ0v) is 17.2. The quantitative estimate of drug-likeness (QED) is 0.715. The molecule has 1 aliphatic heterocycles. The number of hydrogen-bond acceptors (Lipinski definition) is 5. The molecule has 0 saturated carbocycles. The number of carbonyl (C=O) groups is 1. The second kappa shape index (κ2) is 8.09. The van der Waals surface area contributed by atoms with E-state index >= 15 is 0 Å². The smallest absolute Gasteiger partial charge is 0.322 e. The van der Waals surface area contributed by atoms with E-state index in [9.17, 15) is 22.5 Å². The van der Waals surface area contributed by atoms with Gasteiger partial charge in [-0.05, 0) is 48.5 Å². The first-order valence-electron chi connectivity index (χ1n) is 7.90. The summed E-state index contributed by atoms with van der Waals surface area (Å²) in [5.74, 6) is -0.349. The lowest BCUT2D eigenvalue weighted by atomic mass is 10.3. The minimum atomic E-state index is -4.02. The second-order valence-electron chi connectivity index (χ2n) is 5.81. The third-order valence-corrected chi connectivity index (χ3v) is 7.77. The monoisotopic (exact) mass is 473 g/mol. The van der Waals surface area contributed by atoms with Crippen LogP contribution in [0, 0.1) is 0 Å². The van der Waals surface area contributed by atoms with Gasteiger partial charge in [-0.1, -0.05) is 15.9 Å². The Balaban J connectivity index is 1.81. The molecule has 0 bridgehead atoms. The number of nitrogens with zero attached hydrogens (tertiary/aromatic N) is 1. The highest BCUT2D eigenvalue weighted by Crippen LogP contribution is 2.27. The second-order valence-corrected chi connectivity index (χ2v) is 10.2. The van der Waals surface area contributed by atoms with Gasteiger partial charge in [-0.3, -0.25) is 9.00 Å². The average Bonchev–Trinajstić information content (AvgIpc) is 2.64. The summed E-state index contributed by atoms with van der Waals surface area (Å²) in [6.45, 7) is -0.0942. The number of rotatable bonds is 5. The van der Waals surface area contributed by atoms with Gasteiger partial charge in [0, 0.05) is 27.6 Å². The van der Waals surface area contributed by atoms with Crippen LogP contribution in [0.15, 0.2) is 57.9 Å². The van der Waals surface area contributed by atoms with Crippen LogP contribution >= 0.6 is 15.9 Å². The molecule has 27 heavy (non-hydrogen) atoms. The molecule has 0 radical (unpaired) electrons. The lowest BCUT2D eigenvalue weighted by Gasteiger charge is -2.31. The van der Waals surface area contributed by atoms with Gasteiger partial charge in [0.1, 0.15) is 17.5 Å². The number of sulfonamides is 1. The Bertz CT molecular complexity index is 960. The van der Waals surface area contributed by atoms with Crippen LogP contribution < -0.4 is 4.74 Å². The van der Waals surface area contributed by atoms with Crippen molar-refractivity contribution in [1.29, 1.82) is 0 Å². The summed E-state index contributed by atoms with van der Waals surface area (Å²) in [6, 6.07) is 11.6. The molecule has 2 atom stereocenters. The number of halogens is 1. The highest BCUT2D eigenvalue weighted by Gasteiger charge is 2.40. The summed E-state index contributed by atoms with van der Waals surface area (Å²) in [5.41, 5.74) is 0. The standard InChI is InChI=1S/C17H16BrNO6S2/c18-12-1-3-13(4-2-12)25-14-5-7-15(8-6-14)27(23,24)19-9-10-26(22)11-16(19)17(20)21/h1-8,16H,9-11H2,(H,20,21). The van der Waals surface area contributed by atoms with E-state index in [-0.39, 0.29) is 22.9 Å². The highest BCUT2D eigenvalue weighted by molar-refractivity contribution is 9.10. The molecule has 10 heteroatoms. The van der Waals surface area contributed by atoms with Gasteiger partial charge in [0.05, 0.1) is 10.6 Å². The molecule has 1 aliphatic rings. The Morgan fingerprint density at radius 3 is 2.22 bits per heavy atom. The molecule has 1 N–H and O–H groups in total. The number of ether oxygens (including phenoxy) is 1. The van der Waals surface area contributed by atoms with Crippen LogP contribution in [-0.2, 0) is 25.6 Å². The topological polar surface area (TPSA) is 101 Å². The SMILES string of the molecule is O=C(O)C1CS(=O)CCN1S(=O)(=O)c1ccc(Oc2ccc(Br)cc2)cc1. The molecule has 0 spiro atoms. The van der Waals surface area contributed by atoms with Crippen molar-refractivity contribution in [3.05, 3.63) is 53.0 Å². The van der Waals surface area contributed by atoms with E-state index in [1.807, 2.05) is 12.1 Å². The average molecular weight is 474 g/mol. The predicted molar refractivity (Wildman–Crippen MR) is 104 cm³/mol. The summed E-state index contributed by atoms with van der Waals surface area (Å²) in [5, 5.41) is 9.30. The molecular weight excluding hydrogens is 458 g/mol. The number of benzene rings is 2. The number of aliphatic carboxylic acids is 1. The van der Waals surface area contributed by atoms with E-state index < -0.39 is 32.8 Å². The maximum absolute atomic E-state index is 12.8. The van der Waals surface area contributed by atoms with E-state index in [2.05, 4.69) is 15.9 Å². The minimum absolute atomic E-state index is 0.0374. The molecule has 2 aromatic rings. The van der Waals surface area contributed by atoms with E-state index in [0.717, 1.165) is 8.78 Å². The van der Waals surface area contributed by atoms with E-state index in [4.69, 9.17) is 4.74 Å². The third kappa shape index (κ3) is 4.57. The molecular formula is C17H16BrNO6S2. The van der Waals surface area contributed by atoms with Crippen molar-refractivity contribution in [1.82, 2.24) is 4.31 Å². The van der Waals surface area contributed by atoms with Crippen molar-refractivity contribution in [2.24, 2.45) is 0 Å². The number of hydrogen-bond donors (Lipinski definition) is 1. The van der Waals surface area contributed by atoms with Crippen LogP contribution in [0.2, 0.25) is 0 Å². The molecule has 0 aliphatic carbocycles. The van der Waals surface area contributed by atoms with Crippen LogP contribution in [-0.4, -0.2) is 52.1 Å². The van der Waals surface area contributed by atoms with Gasteiger partial charge in [-0.25, -0.2) is 8.42 Å². The van der Waals surface area contributed by atoms with Crippen molar-refractivity contribution >= 4 is 42.7 Å². The molecule has 2 aromatic carbocycles. The van der Waals surface area contributed by atoms with Crippen LogP contribution in [0.1, 0.15) is 0 Å². The van der Waals surface area contributed by atoms with Gasteiger partial charge in [0.25, 0.3) is 0 Å². The first-order chi connectivity index (χ1) is 12.8. The molecule has 0 aromatic heterocycles. The molecule has 7 nitrogen and oxygen atoms in total. The minimum Gasteiger partial charge on any atom is -0.480 e. The first-order valence-corrected chi connectivity index (χ1v) is 11.6. The maximum atomic E-state index is 12.8. The Labute approximate surface area is 167 Å². The lowest BCUT2D eigenvalue weighted by molar-refractivity contribution is -0.140. The van der Waals surface area contributed by atoms with Crippen LogP contribution in [0.5, 0.6) is 11.5 Å². The highest BCUT2D eigenvalue weighted by atomic mass is 79.9. The Hall–Kier alpha value is -1.75. The van der Waals surface area contributed by atoms with Gasteiger partial charge >= 0.3 is 5.97 Å². The van der Waals surface area contributed by atoms with Crippen molar-refractivity contribution in [3.63, 3.8) is 0 Å². The largest absolute Gasteiger partial charge is 0.480 e. The van der Waals surface area contributed by atoms with Gasteiger partial charge in [0.2, 0.25) is 10.0 Å². The zero-order chi connectivity index (χ0) is 19.6. The van der Waals surface area contributed by atoms with E-state index in [1.54, 1.807) is 12.1 Å². The Morgan fingerprint density at radius 1 is 1.11 bits per heavy atom. The first kappa shape index (κ1) is 20.0. The summed E-state index contributed by atoms with van der Waals surface area (Å²) >= 11 is 3.33. The summed E-state index contributed by atoms with van der Waals surface area (Å²) < 4.78 is 44.8. The summed E-state index contributed by atoms with van der Waals surface area (Å²) in [6.07, 6.45) is 0. The Kier molecular flexibility index (Phi) is 5.99. The maximum Gasteiger partial charge on any atom is 0.322 e. The van der Waals surface area contributed by atoms with Crippen LogP contribution in [0.4, 0.5) is 0 Å².